The number of amides is 1. The van der Waals surface area contributed by atoms with Gasteiger partial charge >= 0.3 is 0 Å². The summed E-state index contributed by atoms with van der Waals surface area (Å²) in [7, 11) is 0. The minimum absolute atomic E-state index is 0.151. The van der Waals surface area contributed by atoms with Crippen LogP contribution in [0.5, 0.6) is 0 Å². The molecule has 0 aliphatic heterocycles. The maximum atomic E-state index is 12.2. The third-order valence-corrected chi connectivity index (χ3v) is 4.37. The summed E-state index contributed by atoms with van der Waals surface area (Å²) in [6, 6.07) is 16.4. The molecule has 1 aromatic heterocycles. The van der Waals surface area contributed by atoms with Gasteiger partial charge in [-0.05, 0) is 43.3 Å². The van der Waals surface area contributed by atoms with Crippen LogP contribution in [0, 0.1) is 0 Å². The monoisotopic (exact) mass is 359 g/mol. The van der Waals surface area contributed by atoms with Gasteiger partial charge in [-0.1, -0.05) is 41.6 Å². The molecule has 3 rings (SSSR count). The molecule has 0 bridgehead atoms. The summed E-state index contributed by atoms with van der Waals surface area (Å²) in [6.45, 7) is 1.78. The van der Waals surface area contributed by atoms with E-state index in [4.69, 9.17) is 16.0 Å². The highest BCUT2D eigenvalue weighted by atomic mass is 35.5. The molecule has 24 heavy (non-hydrogen) atoms. The van der Waals surface area contributed by atoms with Gasteiger partial charge in [-0.25, -0.2) is 0 Å². The first kappa shape index (κ1) is 16.5. The molecule has 0 radical (unpaired) electrons. The van der Waals surface area contributed by atoms with Crippen LogP contribution in [0.1, 0.15) is 6.92 Å². The van der Waals surface area contributed by atoms with Crippen LogP contribution in [0.2, 0.25) is 5.02 Å². The van der Waals surface area contributed by atoms with E-state index in [9.17, 15) is 4.79 Å². The SMILES string of the molecule is C[C@@H](Sc1nnc(-c2ccccc2)o1)C(=O)Nc1ccc(Cl)cc1. The minimum Gasteiger partial charge on any atom is -0.411 e. The summed E-state index contributed by atoms with van der Waals surface area (Å²) in [5.74, 6) is 0.283. The van der Waals surface area contributed by atoms with Crippen molar-refractivity contribution in [2.75, 3.05) is 5.32 Å². The van der Waals surface area contributed by atoms with Crippen LogP contribution in [0.25, 0.3) is 11.5 Å². The van der Waals surface area contributed by atoms with Crippen LogP contribution in [0.15, 0.2) is 64.2 Å². The molecule has 0 aliphatic carbocycles. The molecule has 1 heterocycles. The number of benzene rings is 2. The van der Waals surface area contributed by atoms with Crippen LogP contribution >= 0.6 is 23.4 Å². The second kappa shape index (κ2) is 7.51. The second-order valence-electron chi connectivity index (χ2n) is 5.00. The standard InChI is InChI=1S/C17H14ClN3O2S/c1-11(15(22)19-14-9-7-13(18)8-10-14)24-17-21-20-16(23-17)12-5-3-2-4-6-12/h2-11H,1H3,(H,19,22)/t11-/m1/s1. The van der Waals surface area contributed by atoms with Gasteiger partial charge in [-0.3, -0.25) is 4.79 Å². The van der Waals surface area contributed by atoms with Gasteiger partial charge in [0.1, 0.15) is 0 Å². The Kier molecular flexibility index (Phi) is 5.17. The highest BCUT2D eigenvalue weighted by Gasteiger charge is 2.18. The minimum atomic E-state index is -0.384. The average molecular weight is 360 g/mol. The Balaban J connectivity index is 1.62. The lowest BCUT2D eigenvalue weighted by Gasteiger charge is -2.09. The third kappa shape index (κ3) is 4.15. The van der Waals surface area contributed by atoms with Crippen molar-refractivity contribution >= 4 is 35.0 Å². The van der Waals surface area contributed by atoms with Crippen LogP contribution in [-0.4, -0.2) is 21.4 Å². The number of nitrogens with zero attached hydrogens (tertiary/aromatic N) is 2. The maximum absolute atomic E-state index is 12.2. The molecule has 2 aromatic carbocycles. The van der Waals surface area contributed by atoms with Gasteiger partial charge in [0, 0.05) is 16.3 Å². The Hall–Kier alpha value is -2.31. The lowest BCUT2D eigenvalue weighted by atomic mass is 10.2. The van der Waals surface area contributed by atoms with E-state index in [0.717, 1.165) is 5.56 Å². The topological polar surface area (TPSA) is 68.0 Å². The van der Waals surface area contributed by atoms with Gasteiger partial charge in [0.2, 0.25) is 11.8 Å². The number of hydrogen-bond donors (Lipinski definition) is 1. The number of carbonyl (C=O) groups is 1. The zero-order chi connectivity index (χ0) is 16.9. The Morgan fingerprint density at radius 2 is 1.83 bits per heavy atom. The molecule has 5 nitrogen and oxygen atoms in total. The molecule has 0 unspecified atom stereocenters. The van der Waals surface area contributed by atoms with Crippen LogP contribution in [0.3, 0.4) is 0 Å². The Morgan fingerprint density at radius 1 is 1.12 bits per heavy atom. The lowest BCUT2D eigenvalue weighted by Crippen LogP contribution is -2.22. The third-order valence-electron chi connectivity index (χ3n) is 3.19. The summed E-state index contributed by atoms with van der Waals surface area (Å²) in [6.07, 6.45) is 0. The van der Waals surface area contributed by atoms with E-state index in [1.54, 1.807) is 31.2 Å². The molecular weight excluding hydrogens is 346 g/mol. The molecule has 1 atom stereocenters. The number of aromatic nitrogens is 2. The molecule has 7 heteroatoms. The Bertz CT molecular complexity index is 821. The van der Waals surface area contributed by atoms with Crippen molar-refractivity contribution in [1.29, 1.82) is 0 Å². The normalized spacial score (nSPS) is 11.9. The number of nitrogens with one attached hydrogen (secondary N) is 1. The van der Waals surface area contributed by atoms with Crippen molar-refractivity contribution in [2.45, 2.75) is 17.4 Å². The van der Waals surface area contributed by atoms with Crippen molar-refractivity contribution in [3.8, 4) is 11.5 Å². The number of thioether (sulfide) groups is 1. The van der Waals surface area contributed by atoms with Crippen molar-refractivity contribution in [1.82, 2.24) is 10.2 Å². The molecule has 0 saturated heterocycles. The van der Waals surface area contributed by atoms with Gasteiger partial charge < -0.3 is 9.73 Å². The Morgan fingerprint density at radius 3 is 2.54 bits per heavy atom. The van der Waals surface area contributed by atoms with Gasteiger partial charge in [0.25, 0.3) is 5.22 Å². The number of halogens is 1. The fraction of sp³-hybridized carbons (Fsp3) is 0.118. The molecule has 122 valence electrons. The predicted octanol–water partition coefficient (Wildman–Crippen LogP) is 4.51. The molecule has 0 spiro atoms. The van der Waals surface area contributed by atoms with Crippen LogP contribution < -0.4 is 5.32 Å². The van der Waals surface area contributed by atoms with Crippen molar-refractivity contribution in [3.63, 3.8) is 0 Å². The van der Waals surface area contributed by atoms with E-state index in [1.807, 2.05) is 30.3 Å². The summed E-state index contributed by atoms with van der Waals surface area (Å²) in [5, 5.41) is 11.4. The fourth-order valence-electron chi connectivity index (χ4n) is 1.94. The summed E-state index contributed by atoms with van der Waals surface area (Å²) >= 11 is 7.04. The van der Waals surface area contributed by atoms with Crippen molar-refractivity contribution in [2.24, 2.45) is 0 Å². The number of hydrogen-bond acceptors (Lipinski definition) is 5. The summed E-state index contributed by atoms with van der Waals surface area (Å²) in [4.78, 5) is 12.2. The van der Waals surface area contributed by atoms with Gasteiger partial charge in [0.05, 0.1) is 5.25 Å². The van der Waals surface area contributed by atoms with Gasteiger partial charge in [0.15, 0.2) is 0 Å². The first-order chi connectivity index (χ1) is 11.6. The van der Waals surface area contributed by atoms with Gasteiger partial charge in [-0.15, -0.1) is 10.2 Å². The van der Waals surface area contributed by atoms with Crippen LogP contribution in [0.4, 0.5) is 5.69 Å². The zero-order valence-corrected chi connectivity index (χ0v) is 14.3. The van der Waals surface area contributed by atoms with Crippen molar-refractivity contribution < 1.29 is 9.21 Å². The van der Waals surface area contributed by atoms with Gasteiger partial charge in [-0.2, -0.15) is 0 Å². The first-order valence-corrected chi connectivity index (χ1v) is 8.49. The predicted molar refractivity (Wildman–Crippen MR) is 95.1 cm³/mol. The molecular formula is C17H14ClN3O2S. The number of carbonyl (C=O) groups excluding carboxylic acids is 1. The number of rotatable bonds is 5. The van der Waals surface area contributed by atoms with E-state index < -0.39 is 0 Å². The van der Waals surface area contributed by atoms with E-state index in [-0.39, 0.29) is 11.2 Å². The molecule has 0 fully saturated rings. The van der Waals surface area contributed by atoms with Crippen LogP contribution in [-0.2, 0) is 4.79 Å². The van der Waals surface area contributed by atoms with Crippen molar-refractivity contribution in [3.05, 3.63) is 59.6 Å². The van der Waals surface area contributed by atoms with E-state index in [1.165, 1.54) is 11.8 Å². The maximum Gasteiger partial charge on any atom is 0.277 e. The molecule has 0 aliphatic rings. The fourth-order valence-corrected chi connectivity index (χ4v) is 2.75. The quantitative estimate of drug-likeness (QED) is 0.679. The lowest BCUT2D eigenvalue weighted by molar-refractivity contribution is -0.115. The molecule has 3 aromatic rings. The molecule has 1 amide bonds. The summed E-state index contributed by atoms with van der Waals surface area (Å²) < 4.78 is 5.60. The van der Waals surface area contributed by atoms with E-state index in [0.29, 0.717) is 21.8 Å². The second-order valence-corrected chi connectivity index (χ2v) is 6.72. The summed E-state index contributed by atoms with van der Waals surface area (Å²) in [5.41, 5.74) is 1.53. The first-order valence-electron chi connectivity index (χ1n) is 7.24. The molecule has 1 N–H and O–H groups in total. The smallest absolute Gasteiger partial charge is 0.277 e. The highest BCUT2D eigenvalue weighted by molar-refractivity contribution is 8.00. The average Bonchev–Trinajstić information content (AvgIpc) is 3.06. The Labute approximate surface area is 148 Å². The van der Waals surface area contributed by atoms with E-state index in [2.05, 4.69) is 15.5 Å². The van der Waals surface area contributed by atoms with E-state index >= 15 is 0 Å². The molecule has 0 saturated carbocycles. The zero-order valence-electron chi connectivity index (χ0n) is 12.8. The highest BCUT2D eigenvalue weighted by Crippen LogP contribution is 2.26. The number of anilines is 1. The largest absolute Gasteiger partial charge is 0.411 e.